The highest BCUT2D eigenvalue weighted by molar-refractivity contribution is 7.10. The molecule has 0 spiro atoms. The molecular weight excluding hydrogens is 242 g/mol. The van der Waals surface area contributed by atoms with E-state index in [1.54, 1.807) is 0 Å². The molecule has 2 aromatic heterocycles. The van der Waals surface area contributed by atoms with E-state index in [2.05, 4.69) is 41.9 Å². The van der Waals surface area contributed by atoms with Gasteiger partial charge in [0.05, 0.1) is 6.20 Å². The van der Waals surface area contributed by atoms with Crippen LogP contribution in [0.2, 0.25) is 0 Å². The lowest BCUT2D eigenvalue weighted by Crippen LogP contribution is -2.21. The Bertz CT molecular complexity index is 487. The van der Waals surface area contributed by atoms with Crippen LogP contribution in [-0.2, 0) is 13.5 Å². The van der Waals surface area contributed by atoms with Crippen molar-refractivity contribution in [3.63, 3.8) is 0 Å². The lowest BCUT2D eigenvalue weighted by atomic mass is 10.0. The molecule has 98 valence electrons. The number of aryl methyl sites for hydroxylation is 3. The van der Waals surface area contributed by atoms with Gasteiger partial charge in [-0.3, -0.25) is 4.68 Å². The van der Waals surface area contributed by atoms with Crippen molar-refractivity contribution in [1.82, 2.24) is 15.1 Å². The summed E-state index contributed by atoms with van der Waals surface area (Å²) < 4.78 is 1.87. The predicted octanol–water partition coefficient (Wildman–Crippen LogP) is 3.07. The fourth-order valence-electron chi connectivity index (χ4n) is 2.23. The number of thiophene rings is 1. The molecule has 1 atom stereocenters. The van der Waals surface area contributed by atoms with Crippen LogP contribution in [0.1, 0.15) is 35.4 Å². The molecule has 0 amide bonds. The van der Waals surface area contributed by atoms with Crippen LogP contribution in [-0.4, -0.2) is 16.3 Å². The summed E-state index contributed by atoms with van der Waals surface area (Å²) in [6, 6.07) is 2.67. The molecule has 4 heteroatoms. The Balaban J connectivity index is 2.01. The van der Waals surface area contributed by atoms with Crippen LogP contribution in [0.15, 0.2) is 23.8 Å². The minimum absolute atomic E-state index is 0.468. The van der Waals surface area contributed by atoms with Gasteiger partial charge in [-0.15, -0.1) is 11.3 Å². The van der Waals surface area contributed by atoms with Crippen molar-refractivity contribution in [2.75, 3.05) is 6.54 Å². The molecule has 2 rings (SSSR count). The average molecular weight is 263 g/mol. The standard InChI is InChI=1S/C14H21N3S/c1-4-15-13(14-11(2)7-8-18-14)6-5-12-9-16-17(3)10-12/h7-10,13,15H,4-6H2,1-3H3. The molecule has 0 bridgehead atoms. The van der Waals surface area contributed by atoms with Gasteiger partial charge in [0.2, 0.25) is 0 Å². The van der Waals surface area contributed by atoms with E-state index >= 15 is 0 Å². The molecule has 0 aliphatic heterocycles. The summed E-state index contributed by atoms with van der Waals surface area (Å²) in [6.45, 7) is 5.37. The van der Waals surface area contributed by atoms with E-state index in [4.69, 9.17) is 0 Å². The largest absolute Gasteiger partial charge is 0.310 e. The minimum Gasteiger partial charge on any atom is -0.310 e. The molecule has 1 N–H and O–H groups in total. The zero-order valence-electron chi connectivity index (χ0n) is 11.3. The van der Waals surface area contributed by atoms with E-state index < -0.39 is 0 Å². The average Bonchev–Trinajstić information content (AvgIpc) is 2.94. The SMILES string of the molecule is CCNC(CCc1cnn(C)c1)c1sccc1C. The molecule has 0 saturated carbocycles. The zero-order valence-corrected chi connectivity index (χ0v) is 12.1. The van der Waals surface area contributed by atoms with Crippen LogP contribution in [0, 0.1) is 6.92 Å². The van der Waals surface area contributed by atoms with Gasteiger partial charge in [-0.1, -0.05) is 6.92 Å². The molecule has 0 fully saturated rings. The van der Waals surface area contributed by atoms with Crippen LogP contribution in [0.5, 0.6) is 0 Å². The van der Waals surface area contributed by atoms with Gasteiger partial charge in [0.15, 0.2) is 0 Å². The summed E-state index contributed by atoms with van der Waals surface area (Å²) in [6.07, 6.45) is 6.26. The van der Waals surface area contributed by atoms with Crippen molar-refractivity contribution in [3.05, 3.63) is 39.8 Å². The molecule has 2 heterocycles. The number of nitrogens with zero attached hydrogens (tertiary/aromatic N) is 2. The molecule has 0 aliphatic rings. The van der Waals surface area contributed by atoms with E-state index in [1.807, 2.05) is 29.3 Å². The second kappa shape index (κ2) is 6.16. The lowest BCUT2D eigenvalue weighted by Gasteiger charge is -2.17. The maximum Gasteiger partial charge on any atom is 0.0521 e. The molecule has 1 unspecified atom stereocenters. The normalized spacial score (nSPS) is 12.8. The quantitative estimate of drug-likeness (QED) is 0.868. The second-order valence-electron chi connectivity index (χ2n) is 4.64. The Morgan fingerprint density at radius 2 is 2.33 bits per heavy atom. The zero-order chi connectivity index (χ0) is 13.0. The number of hydrogen-bond acceptors (Lipinski definition) is 3. The number of hydrogen-bond donors (Lipinski definition) is 1. The third-order valence-corrected chi connectivity index (χ3v) is 4.28. The van der Waals surface area contributed by atoms with Crippen molar-refractivity contribution in [2.45, 2.75) is 32.7 Å². The van der Waals surface area contributed by atoms with Crippen LogP contribution >= 0.6 is 11.3 Å². The summed E-state index contributed by atoms with van der Waals surface area (Å²) in [7, 11) is 1.97. The van der Waals surface area contributed by atoms with Gasteiger partial charge >= 0.3 is 0 Å². The Morgan fingerprint density at radius 3 is 2.89 bits per heavy atom. The number of aromatic nitrogens is 2. The highest BCUT2D eigenvalue weighted by Gasteiger charge is 2.14. The van der Waals surface area contributed by atoms with Crippen LogP contribution in [0.25, 0.3) is 0 Å². The molecule has 0 aromatic carbocycles. The van der Waals surface area contributed by atoms with Crippen LogP contribution < -0.4 is 5.32 Å². The Hall–Kier alpha value is -1.13. The van der Waals surface area contributed by atoms with Crippen molar-refractivity contribution < 1.29 is 0 Å². The van der Waals surface area contributed by atoms with Crippen LogP contribution in [0.3, 0.4) is 0 Å². The van der Waals surface area contributed by atoms with Crippen molar-refractivity contribution in [2.24, 2.45) is 7.05 Å². The summed E-state index contributed by atoms with van der Waals surface area (Å²) in [4.78, 5) is 1.47. The maximum atomic E-state index is 4.22. The molecule has 2 aromatic rings. The molecule has 0 saturated heterocycles. The van der Waals surface area contributed by atoms with Crippen molar-refractivity contribution in [1.29, 1.82) is 0 Å². The lowest BCUT2D eigenvalue weighted by molar-refractivity contribution is 0.521. The van der Waals surface area contributed by atoms with E-state index in [0.29, 0.717) is 6.04 Å². The van der Waals surface area contributed by atoms with E-state index in [1.165, 1.54) is 16.0 Å². The minimum atomic E-state index is 0.468. The van der Waals surface area contributed by atoms with Gasteiger partial charge in [-0.2, -0.15) is 5.10 Å². The summed E-state index contributed by atoms with van der Waals surface area (Å²) in [5.41, 5.74) is 2.71. The predicted molar refractivity (Wildman–Crippen MR) is 77.0 cm³/mol. The first-order valence-electron chi connectivity index (χ1n) is 6.45. The van der Waals surface area contributed by atoms with E-state index in [9.17, 15) is 0 Å². The van der Waals surface area contributed by atoms with Crippen molar-refractivity contribution in [3.8, 4) is 0 Å². The van der Waals surface area contributed by atoms with Gasteiger partial charge in [0.1, 0.15) is 0 Å². The first-order chi connectivity index (χ1) is 8.70. The number of nitrogens with one attached hydrogen (secondary N) is 1. The van der Waals surface area contributed by atoms with Crippen LogP contribution in [0.4, 0.5) is 0 Å². The smallest absolute Gasteiger partial charge is 0.0521 e. The van der Waals surface area contributed by atoms with E-state index in [0.717, 1.165) is 19.4 Å². The highest BCUT2D eigenvalue weighted by atomic mass is 32.1. The van der Waals surface area contributed by atoms with Gasteiger partial charge in [-0.25, -0.2) is 0 Å². The molecular formula is C14H21N3S. The second-order valence-corrected chi connectivity index (χ2v) is 5.59. The van der Waals surface area contributed by atoms with Crippen molar-refractivity contribution >= 4 is 11.3 Å². The fourth-order valence-corrected chi connectivity index (χ4v) is 3.26. The Morgan fingerprint density at radius 1 is 1.50 bits per heavy atom. The summed E-state index contributed by atoms with van der Waals surface area (Å²) >= 11 is 1.85. The Labute approximate surface area is 113 Å². The molecule has 3 nitrogen and oxygen atoms in total. The molecule has 18 heavy (non-hydrogen) atoms. The highest BCUT2D eigenvalue weighted by Crippen LogP contribution is 2.27. The third kappa shape index (κ3) is 3.21. The van der Waals surface area contributed by atoms with Gasteiger partial charge < -0.3 is 5.32 Å². The summed E-state index contributed by atoms with van der Waals surface area (Å²) in [5, 5.41) is 9.99. The van der Waals surface area contributed by atoms with Gasteiger partial charge in [0, 0.05) is 24.2 Å². The Kier molecular flexibility index (Phi) is 4.55. The van der Waals surface area contributed by atoms with Gasteiger partial charge in [-0.05, 0) is 48.9 Å². The first-order valence-corrected chi connectivity index (χ1v) is 7.33. The monoisotopic (exact) mass is 263 g/mol. The van der Waals surface area contributed by atoms with E-state index in [-0.39, 0.29) is 0 Å². The first kappa shape index (κ1) is 13.3. The third-order valence-electron chi connectivity index (χ3n) is 3.15. The number of rotatable bonds is 6. The fraction of sp³-hybridized carbons (Fsp3) is 0.500. The molecule has 0 aliphatic carbocycles. The van der Waals surface area contributed by atoms with Gasteiger partial charge in [0.25, 0.3) is 0 Å². The topological polar surface area (TPSA) is 29.9 Å². The molecule has 0 radical (unpaired) electrons. The maximum absolute atomic E-state index is 4.22. The summed E-state index contributed by atoms with van der Waals surface area (Å²) in [5.74, 6) is 0.